The van der Waals surface area contributed by atoms with Crippen LogP contribution in [-0.4, -0.2) is 15.8 Å². The summed E-state index contributed by atoms with van der Waals surface area (Å²) in [6, 6.07) is 152. The molecule has 0 N–H and O–H groups in total. The number of rotatable bonds is 10. The van der Waals surface area contributed by atoms with Crippen molar-refractivity contribution in [1.29, 1.82) is 0 Å². The number of fused-ring (bicyclic) bond motifs is 16. The zero-order valence-corrected chi connectivity index (χ0v) is 64.0. The van der Waals surface area contributed by atoms with E-state index in [1.165, 1.54) is 97.6 Å². The third kappa shape index (κ3) is 10.5. The molecule has 2 aromatic heterocycles. The minimum atomic E-state index is -0.383. The minimum absolute atomic E-state index is 0.299. The highest BCUT2D eigenvalue weighted by molar-refractivity contribution is 7.00. The molecule has 0 bridgehead atoms. The molecule has 0 amide bonds. The smallest absolute Gasteiger partial charge is 0.252 e. The molecule has 0 saturated heterocycles. The quantitative estimate of drug-likeness (QED) is 0.127. The first kappa shape index (κ1) is 66.3. The maximum atomic E-state index is 2.74. The Balaban J connectivity index is 0.897. The molecule has 4 nitrogen and oxygen atoms in total. The van der Waals surface area contributed by atoms with Gasteiger partial charge in [0.05, 0.1) is 33.4 Å². The van der Waals surface area contributed by atoms with Crippen LogP contribution in [0.5, 0.6) is 0 Å². The molecule has 4 heterocycles. The standard InChI is InChI=1S/C110H75BN4/c1-110(2,3)84-66-103-105-104(67-84)115(109-95(74-34-12-6-13-35-74)64-83(65-96(109)75-36-14-7-15-37-75)81-51-49-71-29-17-19-41-79(71)61-81)102-69-86(113-100-47-27-25-45-90(100)92-57-53-77-39-21-23-43-88(77)107(92)113)55-59-98(102)111(105)97-58-54-85(112-99-46-26-24-44-89(99)91-56-52-76-38-20-22-42-87(76)106(91)112)68-101(97)114(103)108-93(72-30-8-4-9-31-72)62-82(63-94(108)73-32-10-5-11-33-73)80-50-48-70-28-16-18-40-78(70)60-80/h4-69H,1-3H3. The van der Waals surface area contributed by atoms with E-state index < -0.39 is 0 Å². The van der Waals surface area contributed by atoms with Gasteiger partial charge in [-0.05, 0) is 189 Å². The lowest BCUT2D eigenvalue weighted by Gasteiger charge is -2.46. The van der Waals surface area contributed by atoms with Gasteiger partial charge in [0, 0.05) is 88.7 Å². The van der Waals surface area contributed by atoms with Gasteiger partial charge in [-0.25, -0.2) is 0 Å². The second kappa shape index (κ2) is 26.0. The monoisotopic (exact) mass is 1460 g/mol. The predicted molar refractivity (Wildman–Crippen MR) is 490 cm³/mol. The Morgan fingerprint density at radius 2 is 0.557 bits per heavy atom. The molecule has 0 spiro atoms. The number of para-hydroxylation sites is 2. The lowest BCUT2D eigenvalue weighted by atomic mass is 9.33. The van der Waals surface area contributed by atoms with E-state index in [0.29, 0.717) is 0 Å². The number of benzene rings is 19. The summed E-state index contributed by atoms with van der Waals surface area (Å²) in [5, 5.41) is 14.5. The van der Waals surface area contributed by atoms with E-state index in [-0.39, 0.29) is 12.1 Å². The van der Waals surface area contributed by atoms with Gasteiger partial charge in [-0.1, -0.05) is 336 Å². The van der Waals surface area contributed by atoms with Crippen molar-refractivity contribution in [3.05, 3.63) is 406 Å². The normalized spacial score (nSPS) is 12.6. The molecule has 5 heteroatoms. The number of hydrogen-bond acceptors (Lipinski definition) is 2. The fourth-order valence-electron chi connectivity index (χ4n) is 19.3. The summed E-state index contributed by atoms with van der Waals surface area (Å²) >= 11 is 0. The van der Waals surface area contributed by atoms with Crippen LogP contribution in [0.4, 0.5) is 34.1 Å². The highest BCUT2D eigenvalue weighted by Gasteiger charge is 2.47. The largest absolute Gasteiger partial charge is 0.310 e. The topological polar surface area (TPSA) is 16.3 Å². The van der Waals surface area contributed by atoms with E-state index in [9.17, 15) is 0 Å². The minimum Gasteiger partial charge on any atom is -0.310 e. The van der Waals surface area contributed by atoms with Gasteiger partial charge in [0.2, 0.25) is 0 Å². The summed E-state index contributed by atoms with van der Waals surface area (Å²) in [6.45, 7) is 6.92. The Hall–Kier alpha value is -14.5. The Bertz CT molecular complexity index is 7020. The van der Waals surface area contributed by atoms with Crippen LogP contribution in [0.1, 0.15) is 26.3 Å². The van der Waals surface area contributed by atoms with Crippen molar-refractivity contribution < 1.29 is 0 Å². The Morgan fingerprint density at radius 3 is 0.939 bits per heavy atom. The fraction of sp³-hybridized carbons (Fsp3) is 0.0364. The summed E-state index contributed by atoms with van der Waals surface area (Å²) in [6.07, 6.45) is 0. The van der Waals surface area contributed by atoms with Crippen molar-refractivity contribution in [2.45, 2.75) is 26.2 Å². The van der Waals surface area contributed by atoms with Crippen LogP contribution >= 0.6 is 0 Å². The number of aromatic nitrogens is 2. The first-order chi connectivity index (χ1) is 56.7. The van der Waals surface area contributed by atoms with E-state index in [0.717, 1.165) is 123 Å². The SMILES string of the molecule is CC(C)(C)c1cc2c3c(c1)N(c1c(-c4ccccc4)cc(-c4ccc5ccccc5c4)cc1-c1ccccc1)c1cc(-n4c5ccccc5c5ccc6ccccc6c54)ccc1B3c1ccc(-n3c4ccccc4c4ccc5ccccc5c43)cc1N2c1c(-c2ccccc2)cc(-c2ccc3ccccc3c2)cc1-c1ccccc1. The molecule has 2 aliphatic rings. The second-order valence-corrected chi connectivity index (χ2v) is 32.3. The number of anilines is 6. The third-order valence-corrected chi connectivity index (χ3v) is 24.7. The van der Waals surface area contributed by atoms with E-state index >= 15 is 0 Å². The molecular formula is C110H75BN4. The van der Waals surface area contributed by atoms with Gasteiger partial charge in [-0.2, -0.15) is 0 Å². The molecule has 23 rings (SSSR count). The Morgan fingerprint density at radius 1 is 0.226 bits per heavy atom. The molecule has 2 aliphatic heterocycles. The molecule has 0 unspecified atom stereocenters. The van der Waals surface area contributed by atoms with Crippen LogP contribution in [0.15, 0.2) is 400 Å². The highest BCUT2D eigenvalue weighted by atomic mass is 15.2. The van der Waals surface area contributed by atoms with Crippen molar-refractivity contribution >= 4 is 144 Å². The number of hydrogen-bond donors (Lipinski definition) is 0. The molecular weight excluding hydrogens is 1390 g/mol. The fourth-order valence-corrected chi connectivity index (χ4v) is 19.3. The molecule has 0 aliphatic carbocycles. The lowest BCUT2D eigenvalue weighted by Crippen LogP contribution is -2.61. The van der Waals surface area contributed by atoms with Gasteiger partial charge >= 0.3 is 0 Å². The van der Waals surface area contributed by atoms with Crippen LogP contribution < -0.4 is 26.2 Å². The van der Waals surface area contributed by atoms with Gasteiger partial charge in [0.15, 0.2) is 0 Å². The molecule has 0 saturated carbocycles. The summed E-state index contributed by atoms with van der Waals surface area (Å²) in [4.78, 5) is 5.48. The molecule has 0 fully saturated rings. The van der Waals surface area contributed by atoms with Crippen molar-refractivity contribution in [2.75, 3.05) is 9.80 Å². The molecule has 19 aromatic carbocycles. The maximum Gasteiger partial charge on any atom is 0.252 e. The van der Waals surface area contributed by atoms with Crippen LogP contribution in [0, 0.1) is 0 Å². The van der Waals surface area contributed by atoms with Gasteiger partial charge < -0.3 is 18.9 Å². The van der Waals surface area contributed by atoms with Gasteiger partial charge in [0.1, 0.15) is 0 Å². The highest BCUT2D eigenvalue weighted by Crippen LogP contribution is 2.56. The van der Waals surface area contributed by atoms with Gasteiger partial charge in [-0.15, -0.1) is 0 Å². The van der Waals surface area contributed by atoms with Crippen LogP contribution in [0.25, 0.3) is 165 Å². The summed E-state index contributed by atoms with van der Waals surface area (Å²) in [7, 11) is 0. The van der Waals surface area contributed by atoms with E-state index in [1.54, 1.807) is 0 Å². The first-order valence-electron chi connectivity index (χ1n) is 40.1. The van der Waals surface area contributed by atoms with Crippen molar-refractivity contribution in [2.24, 2.45) is 0 Å². The Labute approximate surface area is 668 Å². The molecule has 0 radical (unpaired) electrons. The van der Waals surface area contributed by atoms with Crippen molar-refractivity contribution in [3.8, 4) is 78.1 Å². The second-order valence-electron chi connectivity index (χ2n) is 32.3. The summed E-state index contributed by atoms with van der Waals surface area (Å²) < 4.78 is 5.13. The van der Waals surface area contributed by atoms with Gasteiger partial charge in [-0.3, -0.25) is 0 Å². The zero-order valence-electron chi connectivity index (χ0n) is 64.0. The lowest BCUT2D eigenvalue weighted by molar-refractivity contribution is 0.590. The van der Waals surface area contributed by atoms with E-state index in [1.807, 2.05) is 0 Å². The molecule has 21 aromatic rings. The maximum absolute atomic E-state index is 2.74. The van der Waals surface area contributed by atoms with E-state index in [4.69, 9.17) is 0 Å². The van der Waals surface area contributed by atoms with Crippen molar-refractivity contribution in [3.63, 3.8) is 0 Å². The van der Waals surface area contributed by atoms with E-state index in [2.05, 4.69) is 440 Å². The third-order valence-electron chi connectivity index (χ3n) is 24.7. The molecule has 538 valence electrons. The number of nitrogens with zero attached hydrogens (tertiary/aromatic N) is 4. The van der Waals surface area contributed by atoms with Crippen LogP contribution in [-0.2, 0) is 5.41 Å². The summed E-state index contributed by atoms with van der Waals surface area (Å²) in [5.41, 5.74) is 31.5. The van der Waals surface area contributed by atoms with Crippen molar-refractivity contribution in [1.82, 2.24) is 9.13 Å². The molecule has 0 atom stereocenters. The average molecular weight is 1460 g/mol. The van der Waals surface area contributed by atoms with Gasteiger partial charge in [0.25, 0.3) is 6.71 Å². The molecule has 115 heavy (non-hydrogen) atoms. The predicted octanol–water partition coefficient (Wildman–Crippen LogP) is 27.9. The van der Waals surface area contributed by atoms with Crippen LogP contribution in [0.3, 0.4) is 0 Å². The Kier molecular flexibility index (Phi) is 15.0. The zero-order chi connectivity index (χ0) is 76.1. The first-order valence-corrected chi connectivity index (χ1v) is 40.1. The van der Waals surface area contributed by atoms with Crippen LogP contribution in [0.2, 0.25) is 0 Å². The average Bonchev–Trinajstić information content (AvgIpc) is 0.794. The summed E-state index contributed by atoms with van der Waals surface area (Å²) in [5.74, 6) is 0.